The topological polar surface area (TPSA) is 81.2 Å². The maximum absolute atomic E-state index is 12.5. The van der Waals surface area contributed by atoms with Crippen molar-refractivity contribution in [3.8, 4) is 5.75 Å². The van der Waals surface area contributed by atoms with Crippen LogP contribution in [0.15, 0.2) is 30.6 Å². The standard InChI is InChI=1S/C19H21ClF3N3O3S/c1-2-15-16(20)17(25-12-24-15)26-18(10-4-3-5-11-18)13-6-8-14(9-7-13)29-30(27,28)19(21,22)23/h6-9,12H,2-5,10-11H2,1H3,(H,24,25,26). The van der Waals surface area contributed by atoms with E-state index in [0.29, 0.717) is 23.0 Å². The van der Waals surface area contributed by atoms with Crippen LogP contribution >= 0.6 is 11.6 Å². The van der Waals surface area contributed by atoms with E-state index in [9.17, 15) is 21.6 Å². The Labute approximate surface area is 178 Å². The Balaban J connectivity index is 1.91. The number of anilines is 1. The van der Waals surface area contributed by atoms with Crippen molar-refractivity contribution in [1.82, 2.24) is 9.97 Å². The van der Waals surface area contributed by atoms with Crippen LogP contribution in [0.1, 0.15) is 50.3 Å². The molecular formula is C19H21ClF3N3O3S. The van der Waals surface area contributed by atoms with E-state index in [2.05, 4.69) is 19.5 Å². The first-order chi connectivity index (χ1) is 14.1. The molecule has 0 bridgehead atoms. The van der Waals surface area contributed by atoms with Crippen LogP contribution in [0.3, 0.4) is 0 Å². The van der Waals surface area contributed by atoms with Gasteiger partial charge in [-0.05, 0) is 37.0 Å². The number of hydrogen-bond acceptors (Lipinski definition) is 6. The molecule has 2 aromatic rings. The molecule has 1 heterocycles. The maximum atomic E-state index is 12.5. The molecule has 1 aromatic carbocycles. The van der Waals surface area contributed by atoms with Crippen molar-refractivity contribution >= 4 is 27.5 Å². The van der Waals surface area contributed by atoms with Crippen molar-refractivity contribution in [2.45, 2.75) is 56.5 Å². The van der Waals surface area contributed by atoms with Gasteiger partial charge in [-0.3, -0.25) is 0 Å². The quantitative estimate of drug-likeness (QED) is 0.469. The van der Waals surface area contributed by atoms with E-state index < -0.39 is 26.9 Å². The average molecular weight is 464 g/mol. The van der Waals surface area contributed by atoms with Crippen molar-refractivity contribution in [1.29, 1.82) is 0 Å². The van der Waals surface area contributed by atoms with Crippen LogP contribution in [-0.4, -0.2) is 23.9 Å². The summed E-state index contributed by atoms with van der Waals surface area (Å²) < 4.78 is 64.3. The largest absolute Gasteiger partial charge is 0.534 e. The second-order valence-electron chi connectivity index (χ2n) is 7.11. The van der Waals surface area contributed by atoms with Crippen LogP contribution in [0, 0.1) is 0 Å². The van der Waals surface area contributed by atoms with Crippen molar-refractivity contribution in [2.24, 2.45) is 0 Å². The number of nitrogens with zero attached hydrogens (tertiary/aromatic N) is 2. The first-order valence-corrected chi connectivity index (χ1v) is 11.3. The predicted molar refractivity (Wildman–Crippen MR) is 107 cm³/mol. The van der Waals surface area contributed by atoms with E-state index in [0.717, 1.165) is 37.7 Å². The summed E-state index contributed by atoms with van der Waals surface area (Å²) in [6, 6.07) is 5.57. The Morgan fingerprint density at radius 1 is 1.13 bits per heavy atom. The molecule has 11 heteroatoms. The highest BCUT2D eigenvalue weighted by molar-refractivity contribution is 7.88. The third kappa shape index (κ3) is 4.64. The molecule has 1 aliphatic carbocycles. The number of hydrogen-bond donors (Lipinski definition) is 1. The summed E-state index contributed by atoms with van der Waals surface area (Å²) in [6.07, 6.45) is 6.54. The van der Waals surface area contributed by atoms with Crippen LogP contribution < -0.4 is 9.50 Å². The zero-order chi connectivity index (χ0) is 22.0. The van der Waals surface area contributed by atoms with Gasteiger partial charge in [-0.2, -0.15) is 21.6 Å². The first kappa shape index (κ1) is 22.6. The molecule has 0 unspecified atom stereocenters. The smallest absolute Gasteiger partial charge is 0.376 e. The molecule has 0 aliphatic heterocycles. The van der Waals surface area contributed by atoms with Crippen molar-refractivity contribution in [3.63, 3.8) is 0 Å². The van der Waals surface area contributed by atoms with Gasteiger partial charge in [0.05, 0.1) is 11.2 Å². The van der Waals surface area contributed by atoms with E-state index in [4.69, 9.17) is 11.6 Å². The third-order valence-electron chi connectivity index (χ3n) is 5.16. The maximum Gasteiger partial charge on any atom is 0.534 e. The van der Waals surface area contributed by atoms with E-state index in [1.54, 1.807) is 12.1 Å². The molecule has 6 nitrogen and oxygen atoms in total. The lowest BCUT2D eigenvalue weighted by Crippen LogP contribution is -2.38. The normalized spacial score (nSPS) is 16.8. The molecule has 1 aliphatic rings. The highest BCUT2D eigenvalue weighted by Crippen LogP contribution is 2.42. The lowest BCUT2D eigenvalue weighted by atomic mass is 9.76. The lowest BCUT2D eigenvalue weighted by Gasteiger charge is -2.39. The van der Waals surface area contributed by atoms with Crippen LogP contribution in [0.2, 0.25) is 5.02 Å². The minimum atomic E-state index is -5.72. The molecular weight excluding hydrogens is 443 g/mol. The van der Waals surface area contributed by atoms with Gasteiger partial charge in [-0.15, -0.1) is 0 Å². The van der Waals surface area contributed by atoms with Gasteiger partial charge in [0.25, 0.3) is 0 Å². The second-order valence-corrected chi connectivity index (χ2v) is 9.03. The van der Waals surface area contributed by atoms with Gasteiger partial charge in [0.15, 0.2) is 0 Å². The third-order valence-corrected chi connectivity index (χ3v) is 6.53. The van der Waals surface area contributed by atoms with Gasteiger partial charge in [0.1, 0.15) is 22.9 Å². The Bertz CT molecular complexity index is 992. The number of halogens is 4. The zero-order valence-corrected chi connectivity index (χ0v) is 17.7. The van der Waals surface area contributed by atoms with Crippen LogP contribution in [0.5, 0.6) is 5.75 Å². The molecule has 0 radical (unpaired) electrons. The van der Waals surface area contributed by atoms with Gasteiger partial charge >= 0.3 is 15.6 Å². The molecule has 0 spiro atoms. The van der Waals surface area contributed by atoms with E-state index in [-0.39, 0.29) is 0 Å². The summed E-state index contributed by atoms with van der Waals surface area (Å²) in [7, 11) is -5.72. The second kappa shape index (κ2) is 8.58. The van der Waals surface area contributed by atoms with Crippen molar-refractivity contribution in [2.75, 3.05) is 5.32 Å². The van der Waals surface area contributed by atoms with Crippen molar-refractivity contribution < 1.29 is 25.8 Å². The summed E-state index contributed by atoms with van der Waals surface area (Å²) in [5.74, 6) is 0.0840. The predicted octanol–water partition coefficient (Wildman–Crippen LogP) is 5.19. The van der Waals surface area contributed by atoms with Gasteiger partial charge < -0.3 is 9.50 Å². The first-order valence-electron chi connectivity index (χ1n) is 9.47. The Morgan fingerprint density at radius 3 is 2.33 bits per heavy atom. The zero-order valence-electron chi connectivity index (χ0n) is 16.2. The molecule has 1 N–H and O–H groups in total. The molecule has 1 saturated carbocycles. The van der Waals surface area contributed by atoms with E-state index in [1.807, 2.05) is 6.92 Å². The number of aryl methyl sites for hydroxylation is 1. The summed E-state index contributed by atoms with van der Waals surface area (Å²) in [5, 5.41) is 3.86. The molecule has 0 atom stereocenters. The summed E-state index contributed by atoms with van der Waals surface area (Å²) in [5.41, 5.74) is -4.53. The molecule has 0 amide bonds. The molecule has 30 heavy (non-hydrogen) atoms. The molecule has 3 rings (SSSR count). The fraction of sp³-hybridized carbons (Fsp3) is 0.474. The summed E-state index contributed by atoms with van der Waals surface area (Å²) in [6.45, 7) is 1.93. The number of benzene rings is 1. The Morgan fingerprint density at radius 2 is 1.77 bits per heavy atom. The minimum Gasteiger partial charge on any atom is -0.376 e. The number of rotatable bonds is 6. The van der Waals surface area contributed by atoms with Crippen LogP contribution in [0.4, 0.5) is 19.0 Å². The molecule has 164 valence electrons. The van der Waals surface area contributed by atoms with Gasteiger partial charge in [0.2, 0.25) is 0 Å². The van der Waals surface area contributed by atoms with E-state index in [1.165, 1.54) is 18.5 Å². The number of alkyl halides is 3. The highest BCUT2D eigenvalue weighted by atomic mass is 35.5. The molecule has 1 fully saturated rings. The van der Waals surface area contributed by atoms with Gasteiger partial charge in [-0.1, -0.05) is 49.9 Å². The summed E-state index contributed by atoms with van der Waals surface area (Å²) >= 11 is 6.44. The van der Waals surface area contributed by atoms with Crippen LogP contribution in [0.25, 0.3) is 0 Å². The van der Waals surface area contributed by atoms with Crippen molar-refractivity contribution in [3.05, 3.63) is 46.9 Å². The highest BCUT2D eigenvalue weighted by Gasteiger charge is 2.48. The number of aromatic nitrogens is 2. The minimum absolute atomic E-state index is 0.407. The average Bonchev–Trinajstić information content (AvgIpc) is 2.70. The van der Waals surface area contributed by atoms with Crippen LogP contribution in [-0.2, 0) is 22.1 Å². The lowest BCUT2D eigenvalue weighted by molar-refractivity contribution is -0.0500. The van der Waals surface area contributed by atoms with E-state index >= 15 is 0 Å². The number of nitrogens with one attached hydrogen (secondary N) is 1. The Hall–Kier alpha value is -2.07. The molecule has 0 saturated heterocycles. The fourth-order valence-electron chi connectivity index (χ4n) is 3.61. The SMILES string of the molecule is CCc1ncnc(NC2(c3ccc(OS(=O)(=O)C(F)(F)F)cc3)CCCCC2)c1Cl. The van der Waals surface area contributed by atoms with Gasteiger partial charge in [0, 0.05) is 0 Å². The molecule has 1 aromatic heterocycles. The monoisotopic (exact) mass is 463 g/mol. The Kier molecular flexibility index (Phi) is 6.47. The fourth-order valence-corrected chi connectivity index (χ4v) is 4.35. The summed E-state index contributed by atoms with van der Waals surface area (Å²) in [4.78, 5) is 8.42. The van der Waals surface area contributed by atoms with Gasteiger partial charge in [-0.25, -0.2) is 9.97 Å².